The van der Waals surface area contributed by atoms with Gasteiger partial charge in [-0.15, -0.1) is 0 Å². The van der Waals surface area contributed by atoms with Crippen molar-refractivity contribution in [1.82, 2.24) is 10.3 Å². The quantitative estimate of drug-likeness (QED) is 0.406. The summed E-state index contributed by atoms with van der Waals surface area (Å²) < 4.78 is 0. The molecule has 0 radical (unpaired) electrons. The van der Waals surface area contributed by atoms with E-state index in [1.807, 2.05) is 6.92 Å². The number of amides is 1. The first-order valence-corrected chi connectivity index (χ1v) is 5.89. The summed E-state index contributed by atoms with van der Waals surface area (Å²) in [6.45, 7) is 5.27. The van der Waals surface area contributed by atoms with E-state index < -0.39 is 0 Å². The van der Waals surface area contributed by atoms with Gasteiger partial charge < -0.3 is 0 Å². The predicted molar refractivity (Wildman–Crippen MR) is 58.8 cm³/mol. The third-order valence-electron chi connectivity index (χ3n) is 4.25. The molecule has 1 amide bonds. The van der Waals surface area contributed by atoms with Crippen molar-refractivity contribution in [3.05, 3.63) is 0 Å². The van der Waals surface area contributed by atoms with E-state index in [1.165, 1.54) is 25.8 Å². The number of piperidine rings is 1. The molecule has 2 aliphatic rings. The maximum absolute atomic E-state index is 11.5. The zero-order valence-electron chi connectivity index (χ0n) is 9.57. The summed E-state index contributed by atoms with van der Waals surface area (Å²) in [5.74, 6) is 5.98. The first kappa shape index (κ1) is 10.9. The van der Waals surface area contributed by atoms with Crippen molar-refractivity contribution in [1.29, 1.82) is 0 Å². The minimum Gasteiger partial charge on any atom is -0.297 e. The number of nitrogens with zero attached hydrogens (tertiary/aromatic N) is 1. The molecule has 0 aromatic heterocycles. The zero-order valence-corrected chi connectivity index (χ0v) is 9.57. The summed E-state index contributed by atoms with van der Waals surface area (Å²) in [5, 5.41) is 0. The molecular weight excluding hydrogens is 190 g/mol. The molecule has 3 N–H and O–H groups in total. The number of carbonyl (C=O) groups is 1. The number of hydrazine groups is 1. The van der Waals surface area contributed by atoms with Crippen molar-refractivity contribution in [2.45, 2.75) is 45.2 Å². The molecule has 0 spiro atoms. The maximum Gasteiger partial charge on any atom is 0.238 e. The van der Waals surface area contributed by atoms with Gasteiger partial charge in [0.25, 0.3) is 0 Å². The molecule has 2 bridgehead atoms. The Balaban J connectivity index is 1.96. The Morgan fingerprint density at radius 2 is 2.20 bits per heavy atom. The minimum absolute atomic E-state index is 0.0191. The fourth-order valence-electron chi connectivity index (χ4n) is 3.10. The molecule has 86 valence electrons. The van der Waals surface area contributed by atoms with E-state index in [-0.39, 0.29) is 11.8 Å². The summed E-state index contributed by atoms with van der Waals surface area (Å²) in [5.41, 5.74) is 2.25. The van der Waals surface area contributed by atoms with Crippen molar-refractivity contribution in [3.63, 3.8) is 0 Å². The van der Waals surface area contributed by atoms with Gasteiger partial charge in [-0.05, 0) is 32.1 Å². The molecule has 4 unspecified atom stereocenters. The largest absolute Gasteiger partial charge is 0.297 e. The van der Waals surface area contributed by atoms with E-state index in [0.29, 0.717) is 6.04 Å². The molecule has 15 heavy (non-hydrogen) atoms. The van der Waals surface area contributed by atoms with Crippen LogP contribution in [0.5, 0.6) is 0 Å². The summed E-state index contributed by atoms with van der Waals surface area (Å²) in [6.07, 6.45) is 4.03. The van der Waals surface area contributed by atoms with Crippen LogP contribution in [0.25, 0.3) is 0 Å². The molecule has 4 heteroatoms. The normalized spacial score (nSPS) is 34.1. The molecule has 1 heterocycles. The first-order valence-electron chi connectivity index (χ1n) is 5.89. The van der Waals surface area contributed by atoms with Crippen molar-refractivity contribution in [2.75, 3.05) is 6.54 Å². The Bertz CT molecular complexity index is 256. The predicted octanol–water partition coefficient (Wildman–Crippen LogP) is 0.485. The van der Waals surface area contributed by atoms with Crippen LogP contribution in [-0.2, 0) is 4.79 Å². The third kappa shape index (κ3) is 1.88. The monoisotopic (exact) mass is 211 g/mol. The van der Waals surface area contributed by atoms with Crippen LogP contribution in [0.1, 0.15) is 33.1 Å². The summed E-state index contributed by atoms with van der Waals surface area (Å²) in [6, 6.07) is 1.03. The lowest BCUT2D eigenvalue weighted by Gasteiger charge is -2.35. The lowest BCUT2D eigenvalue weighted by molar-refractivity contribution is -0.126. The fourth-order valence-corrected chi connectivity index (χ4v) is 3.10. The van der Waals surface area contributed by atoms with E-state index in [4.69, 9.17) is 5.84 Å². The Hall–Kier alpha value is -0.610. The van der Waals surface area contributed by atoms with E-state index in [0.717, 1.165) is 12.0 Å². The standard InChI is InChI=1S/C11H21N3O/c1-7(11(15)13-12)8(2)14-6-9-3-4-10(14)5-9/h7-10H,3-6,12H2,1-2H3,(H,13,15). The number of nitrogens with one attached hydrogen (secondary N) is 1. The van der Waals surface area contributed by atoms with Crippen molar-refractivity contribution < 1.29 is 4.79 Å². The summed E-state index contributed by atoms with van der Waals surface area (Å²) >= 11 is 0. The second kappa shape index (κ2) is 4.10. The van der Waals surface area contributed by atoms with Gasteiger partial charge in [-0.1, -0.05) is 6.92 Å². The number of carbonyl (C=O) groups excluding carboxylic acids is 1. The number of likely N-dealkylation sites (tertiary alicyclic amines) is 1. The smallest absolute Gasteiger partial charge is 0.238 e. The van der Waals surface area contributed by atoms with Crippen LogP contribution in [0.3, 0.4) is 0 Å². The maximum atomic E-state index is 11.5. The average molecular weight is 211 g/mol. The van der Waals surface area contributed by atoms with Gasteiger partial charge in [0, 0.05) is 18.6 Å². The zero-order chi connectivity index (χ0) is 11.0. The van der Waals surface area contributed by atoms with Gasteiger partial charge in [-0.3, -0.25) is 15.1 Å². The highest BCUT2D eigenvalue weighted by Crippen LogP contribution is 2.39. The van der Waals surface area contributed by atoms with Crippen molar-refractivity contribution in [3.8, 4) is 0 Å². The molecule has 1 saturated heterocycles. The van der Waals surface area contributed by atoms with Crippen LogP contribution < -0.4 is 11.3 Å². The molecule has 2 fully saturated rings. The molecule has 0 aromatic rings. The van der Waals surface area contributed by atoms with Crippen molar-refractivity contribution in [2.24, 2.45) is 17.7 Å². The van der Waals surface area contributed by atoms with E-state index in [2.05, 4.69) is 17.2 Å². The SMILES string of the molecule is CC(C(=O)NN)C(C)N1CC2CCC1C2. The van der Waals surface area contributed by atoms with Gasteiger partial charge in [0.05, 0.1) is 5.92 Å². The van der Waals surface area contributed by atoms with Gasteiger partial charge in [-0.25, -0.2) is 5.84 Å². The number of hydrogen-bond acceptors (Lipinski definition) is 3. The number of fused-ring (bicyclic) bond motifs is 2. The molecule has 2 rings (SSSR count). The van der Waals surface area contributed by atoms with Crippen LogP contribution >= 0.6 is 0 Å². The second-order valence-electron chi connectivity index (χ2n) is 5.07. The molecule has 0 aromatic carbocycles. The topological polar surface area (TPSA) is 58.4 Å². The van der Waals surface area contributed by atoms with Gasteiger partial charge in [0.2, 0.25) is 5.91 Å². The van der Waals surface area contributed by atoms with Crippen LogP contribution in [-0.4, -0.2) is 29.4 Å². The van der Waals surface area contributed by atoms with Crippen LogP contribution in [0.4, 0.5) is 0 Å². The van der Waals surface area contributed by atoms with Gasteiger partial charge >= 0.3 is 0 Å². The molecule has 1 saturated carbocycles. The molecule has 1 aliphatic heterocycles. The average Bonchev–Trinajstić information content (AvgIpc) is 2.87. The Morgan fingerprint density at radius 1 is 1.47 bits per heavy atom. The Labute approximate surface area is 91.2 Å². The summed E-state index contributed by atoms with van der Waals surface area (Å²) in [4.78, 5) is 13.9. The number of rotatable bonds is 3. The lowest BCUT2D eigenvalue weighted by atomic mass is 9.99. The lowest BCUT2D eigenvalue weighted by Crippen LogP contribution is -2.48. The van der Waals surface area contributed by atoms with E-state index >= 15 is 0 Å². The highest BCUT2D eigenvalue weighted by Gasteiger charge is 2.41. The van der Waals surface area contributed by atoms with Gasteiger partial charge in [0.15, 0.2) is 0 Å². The van der Waals surface area contributed by atoms with Gasteiger partial charge in [-0.2, -0.15) is 0 Å². The van der Waals surface area contributed by atoms with Gasteiger partial charge in [0.1, 0.15) is 0 Å². The highest BCUT2D eigenvalue weighted by atomic mass is 16.2. The summed E-state index contributed by atoms with van der Waals surface area (Å²) in [7, 11) is 0. The molecule has 4 atom stereocenters. The second-order valence-corrected chi connectivity index (χ2v) is 5.07. The highest BCUT2D eigenvalue weighted by molar-refractivity contribution is 5.78. The van der Waals surface area contributed by atoms with Crippen LogP contribution in [0, 0.1) is 11.8 Å². The van der Waals surface area contributed by atoms with Crippen molar-refractivity contribution >= 4 is 5.91 Å². The van der Waals surface area contributed by atoms with Crippen LogP contribution in [0.2, 0.25) is 0 Å². The Kier molecular flexibility index (Phi) is 2.98. The fraction of sp³-hybridized carbons (Fsp3) is 0.909. The third-order valence-corrected chi connectivity index (χ3v) is 4.25. The minimum atomic E-state index is -0.0507. The number of nitrogens with two attached hydrogens (primary N) is 1. The van der Waals surface area contributed by atoms with E-state index in [1.54, 1.807) is 0 Å². The Morgan fingerprint density at radius 3 is 2.67 bits per heavy atom. The van der Waals surface area contributed by atoms with Crippen LogP contribution in [0.15, 0.2) is 0 Å². The number of hydrogen-bond donors (Lipinski definition) is 2. The molecule has 1 aliphatic carbocycles. The van der Waals surface area contributed by atoms with E-state index in [9.17, 15) is 4.79 Å². The molecular formula is C11H21N3O. The first-order chi connectivity index (χ1) is 7.13. The molecule has 4 nitrogen and oxygen atoms in total.